The number of rotatable bonds is 9. The maximum absolute atomic E-state index is 13.3. The van der Waals surface area contributed by atoms with E-state index in [1.807, 2.05) is 24.3 Å². The predicted octanol–water partition coefficient (Wildman–Crippen LogP) is 5.73. The molecule has 0 spiro atoms. The minimum atomic E-state index is -0.854. The van der Waals surface area contributed by atoms with Crippen molar-refractivity contribution in [3.05, 3.63) is 94.2 Å². The zero-order valence-corrected chi connectivity index (χ0v) is 23.4. The molecule has 5 rings (SSSR count). The highest BCUT2D eigenvalue weighted by atomic mass is 32.1. The average Bonchev–Trinajstić information content (AvgIpc) is 3.59. The van der Waals surface area contributed by atoms with Crippen LogP contribution in [0.1, 0.15) is 9.75 Å². The van der Waals surface area contributed by atoms with Gasteiger partial charge in [0.05, 0.1) is 26.1 Å². The monoisotopic (exact) mass is 584 g/mol. The van der Waals surface area contributed by atoms with Gasteiger partial charge in [-0.1, -0.05) is 24.3 Å². The van der Waals surface area contributed by atoms with Gasteiger partial charge in [-0.3, -0.25) is 14.5 Å². The Morgan fingerprint density at radius 2 is 1.38 bits per heavy atom. The maximum Gasteiger partial charge on any atom is 0.308 e. The van der Waals surface area contributed by atoms with Crippen LogP contribution in [0, 0.1) is 11.6 Å². The van der Waals surface area contributed by atoms with Crippen LogP contribution in [0.5, 0.6) is 0 Å². The summed E-state index contributed by atoms with van der Waals surface area (Å²) in [5, 5.41) is 11.6. The summed E-state index contributed by atoms with van der Waals surface area (Å²) in [6.07, 6.45) is 0.378. The highest BCUT2D eigenvalue weighted by Gasteiger charge is 2.12. The number of morpholine rings is 1. The van der Waals surface area contributed by atoms with Gasteiger partial charge in [-0.05, 0) is 59.7 Å². The first-order chi connectivity index (χ1) is 19.4. The Morgan fingerprint density at radius 3 is 1.90 bits per heavy atom. The number of benzene rings is 2. The van der Waals surface area contributed by atoms with Crippen molar-refractivity contribution in [3.63, 3.8) is 0 Å². The lowest BCUT2D eigenvalue weighted by Crippen LogP contribution is -2.41. The van der Waals surface area contributed by atoms with Crippen molar-refractivity contribution in [1.29, 1.82) is 0 Å². The molecule has 6 nitrogen and oxygen atoms in total. The maximum atomic E-state index is 13.3. The molecule has 40 heavy (non-hydrogen) atoms. The molecular weight excluding hydrogens is 554 g/mol. The number of aliphatic carboxylic acids is 1. The standard InChI is InChI=1S/C18H21FN2O2S.C12H9FO2S/c19-15-3-1-2-14(12-15)17-5-4-16(24-17)13-18(22)20-6-7-21-8-10-23-11-9-21;13-9-3-1-2-8(6-9)11-5-4-10(16-11)7-12(14)15/h1-5,12H,6-11,13H2,(H,20,22);1-6H,7H2,(H,14,15). The first kappa shape index (κ1) is 29.5. The number of amides is 1. The number of hydrogen-bond acceptors (Lipinski definition) is 6. The molecule has 1 fully saturated rings. The third-order valence-electron chi connectivity index (χ3n) is 6.06. The SMILES string of the molecule is O=C(Cc1ccc(-c2cccc(F)c2)s1)NCCN1CCOCC1.O=C(O)Cc1ccc(-c2cccc(F)c2)s1. The van der Waals surface area contributed by atoms with E-state index < -0.39 is 5.97 Å². The number of carbonyl (C=O) groups excluding carboxylic acids is 1. The van der Waals surface area contributed by atoms with E-state index >= 15 is 0 Å². The summed E-state index contributed by atoms with van der Waals surface area (Å²) in [5.41, 5.74) is 1.63. The third kappa shape index (κ3) is 9.34. The second-order valence-electron chi connectivity index (χ2n) is 9.10. The molecule has 1 saturated heterocycles. The summed E-state index contributed by atoms with van der Waals surface area (Å²) in [4.78, 5) is 28.5. The number of nitrogens with one attached hydrogen (secondary N) is 1. The van der Waals surface area contributed by atoms with Crippen LogP contribution in [0.2, 0.25) is 0 Å². The van der Waals surface area contributed by atoms with E-state index in [1.165, 1.54) is 46.9 Å². The number of ether oxygens (including phenoxy) is 1. The summed E-state index contributed by atoms with van der Waals surface area (Å²) >= 11 is 2.91. The third-order valence-corrected chi connectivity index (χ3v) is 8.32. The van der Waals surface area contributed by atoms with Crippen molar-refractivity contribution >= 4 is 34.6 Å². The molecule has 10 heteroatoms. The van der Waals surface area contributed by atoms with Gasteiger partial charge < -0.3 is 15.2 Å². The second-order valence-corrected chi connectivity index (χ2v) is 11.4. The number of thiophene rings is 2. The van der Waals surface area contributed by atoms with Gasteiger partial charge in [-0.25, -0.2) is 8.78 Å². The van der Waals surface area contributed by atoms with Crippen molar-refractivity contribution in [2.45, 2.75) is 12.8 Å². The van der Waals surface area contributed by atoms with Gasteiger partial charge in [-0.15, -0.1) is 22.7 Å². The fourth-order valence-corrected chi connectivity index (χ4v) is 6.09. The molecule has 2 N–H and O–H groups in total. The minimum absolute atomic E-state index is 0.0139. The number of carboxylic acid groups (broad SMARTS) is 1. The molecular formula is C30H30F2N2O4S2. The molecule has 1 aliphatic rings. The highest BCUT2D eigenvalue weighted by Crippen LogP contribution is 2.29. The van der Waals surface area contributed by atoms with Crippen molar-refractivity contribution < 1.29 is 28.2 Å². The lowest BCUT2D eigenvalue weighted by atomic mass is 10.2. The summed E-state index contributed by atoms with van der Waals surface area (Å²) < 4.78 is 31.6. The van der Waals surface area contributed by atoms with Gasteiger partial charge in [0.2, 0.25) is 5.91 Å². The Hall–Kier alpha value is -3.44. The highest BCUT2D eigenvalue weighted by molar-refractivity contribution is 7.15. The Balaban J connectivity index is 0.000000201. The normalized spacial score (nSPS) is 13.3. The van der Waals surface area contributed by atoms with Crippen LogP contribution < -0.4 is 5.32 Å². The van der Waals surface area contributed by atoms with Gasteiger partial charge in [0.15, 0.2) is 0 Å². The lowest BCUT2D eigenvalue weighted by Gasteiger charge is -2.26. The van der Waals surface area contributed by atoms with Gasteiger partial charge in [0.25, 0.3) is 0 Å². The fraction of sp³-hybridized carbons (Fsp3) is 0.267. The average molecular weight is 585 g/mol. The smallest absolute Gasteiger partial charge is 0.308 e. The van der Waals surface area contributed by atoms with E-state index in [-0.39, 0.29) is 24.0 Å². The zero-order valence-electron chi connectivity index (χ0n) is 21.8. The molecule has 2 aromatic carbocycles. The van der Waals surface area contributed by atoms with Crippen LogP contribution in [0.3, 0.4) is 0 Å². The van der Waals surface area contributed by atoms with Gasteiger partial charge in [0, 0.05) is 45.7 Å². The lowest BCUT2D eigenvalue weighted by molar-refractivity contribution is -0.136. The molecule has 0 radical (unpaired) electrons. The summed E-state index contributed by atoms with van der Waals surface area (Å²) in [6, 6.07) is 20.2. The number of halogens is 2. The van der Waals surface area contributed by atoms with Gasteiger partial charge in [-0.2, -0.15) is 0 Å². The Labute approximate surface area is 239 Å². The number of carboxylic acids is 1. The molecule has 4 aromatic rings. The van der Waals surface area contributed by atoms with E-state index in [9.17, 15) is 18.4 Å². The number of nitrogens with zero attached hydrogens (tertiary/aromatic N) is 1. The van der Waals surface area contributed by atoms with Crippen molar-refractivity contribution in [3.8, 4) is 20.9 Å². The minimum Gasteiger partial charge on any atom is -0.481 e. The molecule has 0 unspecified atom stereocenters. The molecule has 0 atom stereocenters. The number of carbonyl (C=O) groups is 2. The molecule has 210 valence electrons. The van der Waals surface area contributed by atoms with Crippen LogP contribution in [0.15, 0.2) is 72.8 Å². The van der Waals surface area contributed by atoms with Crippen LogP contribution in [0.25, 0.3) is 20.9 Å². The molecule has 3 heterocycles. The molecule has 0 bridgehead atoms. The van der Waals surface area contributed by atoms with Crippen molar-refractivity contribution in [1.82, 2.24) is 10.2 Å². The molecule has 2 aromatic heterocycles. The van der Waals surface area contributed by atoms with E-state index in [0.29, 0.717) is 13.0 Å². The van der Waals surface area contributed by atoms with E-state index in [4.69, 9.17) is 9.84 Å². The van der Waals surface area contributed by atoms with Crippen molar-refractivity contribution in [2.24, 2.45) is 0 Å². The molecule has 1 aliphatic heterocycles. The first-order valence-electron chi connectivity index (χ1n) is 12.8. The van der Waals surface area contributed by atoms with Gasteiger partial charge >= 0.3 is 5.97 Å². The Morgan fingerprint density at radius 1 is 0.825 bits per heavy atom. The van der Waals surface area contributed by atoms with Crippen LogP contribution in [0.4, 0.5) is 8.78 Å². The summed E-state index contributed by atoms with van der Waals surface area (Å²) in [7, 11) is 0. The quantitative estimate of drug-likeness (QED) is 0.263. The van der Waals surface area contributed by atoms with Crippen molar-refractivity contribution in [2.75, 3.05) is 39.4 Å². The van der Waals surface area contributed by atoms with E-state index in [0.717, 1.165) is 63.5 Å². The van der Waals surface area contributed by atoms with Crippen LogP contribution in [-0.2, 0) is 27.2 Å². The predicted molar refractivity (Wildman–Crippen MR) is 155 cm³/mol. The zero-order chi connectivity index (χ0) is 28.3. The Bertz CT molecular complexity index is 1420. The largest absolute Gasteiger partial charge is 0.481 e. The van der Waals surface area contributed by atoms with E-state index in [1.54, 1.807) is 24.3 Å². The van der Waals surface area contributed by atoms with E-state index in [2.05, 4.69) is 10.2 Å². The summed E-state index contributed by atoms with van der Waals surface area (Å²) in [5.74, 6) is -1.36. The molecule has 1 amide bonds. The molecule has 0 saturated carbocycles. The van der Waals surface area contributed by atoms with Crippen LogP contribution >= 0.6 is 22.7 Å². The summed E-state index contributed by atoms with van der Waals surface area (Å²) in [6.45, 7) is 4.91. The fourth-order valence-electron chi connectivity index (χ4n) is 4.09. The molecule has 0 aliphatic carbocycles. The topological polar surface area (TPSA) is 78.9 Å². The Kier molecular flexibility index (Phi) is 10.9. The number of hydrogen-bond donors (Lipinski definition) is 2. The second kappa shape index (κ2) is 14.8. The first-order valence-corrected chi connectivity index (χ1v) is 14.5. The van der Waals surface area contributed by atoms with Gasteiger partial charge in [0.1, 0.15) is 11.6 Å². The van der Waals surface area contributed by atoms with Crippen LogP contribution in [-0.4, -0.2) is 61.3 Å².